The van der Waals surface area contributed by atoms with Crippen LogP contribution in [0.2, 0.25) is 0 Å². The summed E-state index contributed by atoms with van der Waals surface area (Å²) >= 11 is 0. The summed E-state index contributed by atoms with van der Waals surface area (Å²) < 4.78 is 0. The molecule has 0 fully saturated rings. The molecular weight excluding hydrogens is 226 g/mol. The Balaban J connectivity index is 2.60. The number of rotatable bonds is 6. The molecule has 1 rings (SSSR count). The fraction of sp³-hybridized carbons (Fsp3) is 0.667. The van der Waals surface area contributed by atoms with Crippen LogP contribution in [-0.2, 0) is 4.79 Å². The number of hydrogen-bond acceptors (Lipinski definition) is 5. The number of tetrazole rings is 1. The van der Waals surface area contributed by atoms with E-state index < -0.39 is 5.97 Å². The fourth-order valence-corrected chi connectivity index (χ4v) is 1.38. The zero-order valence-corrected chi connectivity index (χ0v) is 9.75. The Bertz CT molecular complexity index is 376. The van der Waals surface area contributed by atoms with E-state index in [1.807, 2.05) is 13.8 Å². The summed E-state index contributed by atoms with van der Waals surface area (Å²) in [5.74, 6) is -1.23. The molecule has 0 aliphatic carbocycles. The maximum atomic E-state index is 11.9. The number of H-pyrrole nitrogens is 1. The van der Waals surface area contributed by atoms with Crippen LogP contribution in [0.3, 0.4) is 0 Å². The van der Waals surface area contributed by atoms with Crippen molar-refractivity contribution in [3.8, 4) is 0 Å². The zero-order chi connectivity index (χ0) is 12.8. The molecule has 1 heterocycles. The molecule has 0 unspecified atom stereocenters. The van der Waals surface area contributed by atoms with Gasteiger partial charge in [-0.3, -0.25) is 9.59 Å². The van der Waals surface area contributed by atoms with Crippen LogP contribution in [0.4, 0.5) is 0 Å². The molecule has 8 heteroatoms. The number of carbonyl (C=O) groups excluding carboxylic acids is 1. The Morgan fingerprint density at radius 3 is 2.65 bits per heavy atom. The Morgan fingerprint density at radius 1 is 1.47 bits per heavy atom. The molecule has 1 aromatic heterocycles. The highest BCUT2D eigenvalue weighted by Crippen LogP contribution is 2.06. The van der Waals surface area contributed by atoms with Gasteiger partial charge in [-0.15, -0.1) is 10.2 Å². The van der Waals surface area contributed by atoms with E-state index in [1.165, 1.54) is 4.90 Å². The zero-order valence-electron chi connectivity index (χ0n) is 9.75. The summed E-state index contributed by atoms with van der Waals surface area (Å²) in [6, 6.07) is -0.0465. The second kappa shape index (κ2) is 5.92. The van der Waals surface area contributed by atoms with Crippen molar-refractivity contribution >= 4 is 11.9 Å². The minimum atomic E-state index is -0.874. The van der Waals surface area contributed by atoms with Crippen molar-refractivity contribution in [1.82, 2.24) is 25.5 Å². The van der Waals surface area contributed by atoms with Gasteiger partial charge in [-0.25, -0.2) is 0 Å². The molecule has 1 aromatic rings. The summed E-state index contributed by atoms with van der Waals surface area (Å²) in [5, 5.41) is 21.3. The molecule has 0 saturated heterocycles. The van der Waals surface area contributed by atoms with Crippen molar-refractivity contribution in [1.29, 1.82) is 0 Å². The van der Waals surface area contributed by atoms with E-state index in [2.05, 4.69) is 20.6 Å². The van der Waals surface area contributed by atoms with E-state index in [-0.39, 0.29) is 24.2 Å². The number of aromatic nitrogens is 4. The lowest BCUT2D eigenvalue weighted by molar-refractivity contribution is -0.137. The van der Waals surface area contributed by atoms with Crippen molar-refractivity contribution in [2.45, 2.75) is 32.7 Å². The molecule has 94 valence electrons. The van der Waals surface area contributed by atoms with Gasteiger partial charge in [-0.05, 0) is 25.5 Å². The molecule has 2 N–H and O–H groups in total. The normalized spacial score (nSPS) is 10.5. The number of aromatic amines is 1. The molecule has 8 nitrogen and oxygen atoms in total. The summed E-state index contributed by atoms with van der Waals surface area (Å²) in [7, 11) is 0. The van der Waals surface area contributed by atoms with E-state index in [9.17, 15) is 9.59 Å². The minimum Gasteiger partial charge on any atom is -0.481 e. The van der Waals surface area contributed by atoms with Crippen LogP contribution < -0.4 is 0 Å². The van der Waals surface area contributed by atoms with Crippen LogP contribution >= 0.6 is 0 Å². The van der Waals surface area contributed by atoms with Crippen molar-refractivity contribution < 1.29 is 14.7 Å². The van der Waals surface area contributed by atoms with E-state index in [0.717, 1.165) is 0 Å². The highest BCUT2D eigenvalue weighted by atomic mass is 16.4. The van der Waals surface area contributed by atoms with Gasteiger partial charge in [-0.1, -0.05) is 0 Å². The smallest absolute Gasteiger partial charge is 0.303 e. The number of nitrogens with one attached hydrogen (secondary N) is 1. The Hall–Kier alpha value is -1.99. The summed E-state index contributed by atoms with van der Waals surface area (Å²) in [4.78, 5) is 23.8. The lowest BCUT2D eigenvalue weighted by Gasteiger charge is -2.24. The molecule has 0 aliphatic rings. The number of amides is 1. The van der Waals surface area contributed by atoms with Gasteiger partial charge in [0.05, 0.1) is 0 Å². The van der Waals surface area contributed by atoms with E-state index in [0.29, 0.717) is 13.0 Å². The third-order valence-corrected chi connectivity index (χ3v) is 2.21. The molecule has 17 heavy (non-hydrogen) atoms. The monoisotopic (exact) mass is 241 g/mol. The topological polar surface area (TPSA) is 112 Å². The lowest BCUT2D eigenvalue weighted by Crippen LogP contribution is -2.38. The van der Waals surface area contributed by atoms with Crippen LogP contribution in [0.5, 0.6) is 0 Å². The quantitative estimate of drug-likeness (QED) is 0.720. The van der Waals surface area contributed by atoms with Gasteiger partial charge >= 0.3 is 5.97 Å². The van der Waals surface area contributed by atoms with Gasteiger partial charge < -0.3 is 10.0 Å². The second-order valence-electron chi connectivity index (χ2n) is 3.82. The van der Waals surface area contributed by atoms with Crippen molar-refractivity contribution in [3.05, 3.63) is 5.82 Å². The average Bonchev–Trinajstić information content (AvgIpc) is 2.75. The first-order chi connectivity index (χ1) is 8.02. The van der Waals surface area contributed by atoms with Crippen LogP contribution in [0.1, 0.15) is 37.3 Å². The number of hydrogen-bond donors (Lipinski definition) is 2. The van der Waals surface area contributed by atoms with E-state index in [1.54, 1.807) is 0 Å². The molecule has 0 aromatic carbocycles. The number of carboxylic acids is 1. The van der Waals surface area contributed by atoms with Gasteiger partial charge in [-0.2, -0.15) is 5.21 Å². The molecule has 0 bridgehead atoms. The van der Waals surface area contributed by atoms with Crippen molar-refractivity contribution in [2.24, 2.45) is 0 Å². The lowest BCUT2D eigenvalue weighted by atomic mass is 10.2. The molecule has 0 spiro atoms. The van der Waals surface area contributed by atoms with Gasteiger partial charge in [0.2, 0.25) is 0 Å². The molecule has 1 amide bonds. The first-order valence-corrected chi connectivity index (χ1v) is 5.28. The number of carboxylic acid groups (broad SMARTS) is 1. The van der Waals surface area contributed by atoms with Gasteiger partial charge in [0.15, 0.2) is 0 Å². The van der Waals surface area contributed by atoms with Gasteiger partial charge in [0.25, 0.3) is 11.7 Å². The summed E-state index contributed by atoms with van der Waals surface area (Å²) in [6.07, 6.45) is 0.430. The Kier molecular flexibility index (Phi) is 4.56. The number of carbonyl (C=O) groups is 2. The maximum Gasteiger partial charge on any atom is 0.303 e. The van der Waals surface area contributed by atoms with Crippen LogP contribution in [0.15, 0.2) is 0 Å². The highest BCUT2D eigenvalue weighted by Gasteiger charge is 2.22. The van der Waals surface area contributed by atoms with Crippen molar-refractivity contribution in [2.75, 3.05) is 6.54 Å². The first kappa shape index (κ1) is 13.1. The van der Waals surface area contributed by atoms with E-state index in [4.69, 9.17) is 5.11 Å². The highest BCUT2D eigenvalue weighted by molar-refractivity contribution is 5.90. The minimum absolute atomic E-state index is 0.00553. The number of nitrogens with zero attached hydrogens (tertiary/aromatic N) is 4. The molecule has 0 atom stereocenters. The maximum absolute atomic E-state index is 11.9. The second-order valence-corrected chi connectivity index (χ2v) is 3.82. The van der Waals surface area contributed by atoms with Crippen LogP contribution in [0.25, 0.3) is 0 Å². The molecular formula is C9H15N5O3. The van der Waals surface area contributed by atoms with Gasteiger partial charge in [0.1, 0.15) is 0 Å². The summed E-state index contributed by atoms with van der Waals surface area (Å²) in [6.45, 7) is 4.05. The predicted molar refractivity (Wildman–Crippen MR) is 57.2 cm³/mol. The Labute approximate surface area is 98.0 Å². The fourth-order valence-electron chi connectivity index (χ4n) is 1.38. The summed E-state index contributed by atoms with van der Waals surface area (Å²) in [5.41, 5.74) is 0. The standard InChI is InChI=1S/C9H15N5O3/c1-6(2)14(5-3-4-7(15)16)9(17)8-10-12-13-11-8/h6H,3-5H2,1-2H3,(H,15,16)(H,10,11,12,13). The van der Waals surface area contributed by atoms with Gasteiger partial charge in [0, 0.05) is 19.0 Å². The Morgan fingerprint density at radius 2 is 2.18 bits per heavy atom. The van der Waals surface area contributed by atoms with Crippen molar-refractivity contribution in [3.63, 3.8) is 0 Å². The van der Waals surface area contributed by atoms with Crippen LogP contribution in [0, 0.1) is 0 Å². The number of aliphatic carboxylic acids is 1. The third-order valence-electron chi connectivity index (χ3n) is 2.21. The average molecular weight is 241 g/mol. The third kappa shape index (κ3) is 3.82. The largest absolute Gasteiger partial charge is 0.481 e. The predicted octanol–water partition coefficient (Wildman–Crippen LogP) is -0.0849. The van der Waals surface area contributed by atoms with E-state index >= 15 is 0 Å². The SMILES string of the molecule is CC(C)N(CCCC(=O)O)C(=O)c1nn[nH]n1. The molecule has 0 radical (unpaired) electrons. The molecule has 0 saturated carbocycles. The first-order valence-electron chi connectivity index (χ1n) is 5.28. The molecule has 0 aliphatic heterocycles. The van der Waals surface area contributed by atoms with Crippen LogP contribution in [-0.4, -0.2) is 55.1 Å².